The molecule has 5 nitrogen and oxygen atoms in total. The van der Waals surface area contributed by atoms with Gasteiger partial charge >= 0.3 is 0 Å². The van der Waals surface area contributed by atoms with Crippen molar-refractivity contribution < 1.29 is 4.39 Å². The number of nitrogens with zero attached hydrogens (tertiary/aromatic N) is 2. The number of hydrogen-bond acceptors (Lipinski definition) is 5. The van der Waals surface area contributed by atoms with Crippen molar-refractivity contribution in [3.05, 3.63) is 35.6 Å². The predicted molar refractivity (Wildman–Crippen MR) is 70.4 cm³/mol. The van der Waals surface area contributed by atoms with Crippen molar-refractivity contribution in [1.82, 2.24) is 9.97 Å². The van der Waals surface area contributed by atoms with Crippen LogP contribution in [0.1, 0.15) is 5.56 Å². The molecule has 1 aromatic heterocycles. The van der Waals surface area contributed by atoms with Crippen LogP contribution in [0.4, 0.5) is 27.7 Å². The van der Waals surface area contributed by atoms with Gasteiger partial charge in [-0.05, 0) is 30.7 Å². The Hall–Kier alpha value is -2.37. The highest BCUT2D eigenvalue weighted by Gasteiger charge is 2.04. The van der Waals surface area contributed by atoms with Crippen LogP contribution in [0.25, 0.3) is 0 Å². The molecule has 0 fully saturated rings. The van der Waals surface area contributed by atoms with Crippen LogP contribution in [0.15, 0.2) is 24.3 Å². The molecule has 4 N–H and O–H groups in total. The summed E-state index contributed by atoms with van der Waals surface area (Å²) in [5, 5.41) is 5.96. The van der Waals surface area contributed by atoms with E-state index in [1.165, 1.54) is 12.1 Å². The van der Waals surface area contributed by atoms with Crippen molar-refractivity contribution in [2.24, 2.45) is 0 Å². The number of anilines is 4. The number of halogens is 1. The van der Waals surface area contributed by atoms with Gasteiger partial charge in [0.05, 0.1) is 0 Å². The summed E-state index contributed by atoms with van der Waals surface area (Å²) in [5.41, 5.74) is 7.15. The van der Waals surface area contributed by atoms with Crippen LogP contribution in [-0.4, -0.2) is 17.0 Å². The summed E-state index contributed by atoms with van der Waals surface area (Å²) in [5.74, 6) is 1.08. The van der Waals surface area contributed by atoms with Gasteiger partial charge in [-0.3, -0.25) is 0 Å². The maximum Gasteiger partial charge on any atom is 0.223 e. The topological polar surface area (TPSA) is 75.9 Å². The van der Waals surface area contributed by atoms with Gasteiger partial charge in [-0.25, -0.2) is 4.39 Å². The van der Waals surface area contributed by atoms with Crippen molar-refractivity contribution in [3.8, 4) is 0 Å². The van der Waals surface area contributed by atoms with E-state index in [-0.39, 0.29) is 11.8 Å². The van der Waals surface area contributed by atoms with E-state index in [2.05, 4.69) is 20.6 Å². The lowest BCUT2D eigenvalue weighted by Gasteiger charge is -2.10. The summed E-state index contributed by atoms with van der Waals surface area (Å²) in [6.07, 6.45) is 0. The van der Waals surface area contributed by atoms with E-state index < -0.39 is 0 Å². The summed E-state index contributed by atoms with van der Waals surface area (Å²) in [7, 11) is 1.74. The lowest BCUT2D eigenvalue weighted by atomic mass is 10.2. The molecule has 0 saturated heterocycles. The quantitative estimate of drug-likeness (QED) is 0.775. The third kappa shape index (κ3) is 2.65. The molecule has 2 aromatic rings. The Morgan fingerprint density at radius 1 is 1.17 bits per heavy atom. The van der Waals surface area contributed by atoms with E-state index in [1.54, 1.807) is 19.2 Å². The van der Waals surface area contributed by atoms with Gasteiger partial charge in [0.2, 0.25) is 5.95 Å². The molecule has 94 valence electrons. The normalized spacial score (nSPS) is 10.2. The molecule has 0 aliphatic heterocycles. The number of nitrogens with one attached hydrogen (secondary N) is 2. The molecular formula is C12H14FN5. The van der Waals surface area contributed by atoms with Crippen molar-refractivity contribution in [3.63, 3.8) is 0 Å². The van der Waals surface area contributed by atoms with Crippen LogP contribution in [0.5, 0.6) is 0 Å². The van der Waals surface area contributed by atoms with E-state index in [0.717, 1.165) is 11.3 Å². The highest BCUT2D eigenvalue weighted by Crippen LogP contribution is 2.21. The lowest BCUT2D eigenvalue weighted by molar-refractivity contribution is 0.627. The predicted octanol–water partition coefficient (Wildman–Crippen LogP) is 2.29. The van der Waals surface area contributed by atoms with Gasteiger partial charge in [-0.2, -0.15) is 9.97 Å². The lowest BCUT2D eigenvalue weighted by Crippen LogP contribution is -2.04. The van der Waals surface area contributed by atoms with Crippen LogP contribution in [0, 0.1) is 12.7 Å². The van der Waals surface area contributed by atoms with Crippen molar-refractivity contribution in [2.45, 2.75) is 6.92 Å². The van der Waals surface area contributed by atoms with Crippen LogP contribution in [-0.2, 0) is 0 Å². The Morgan fingerprint density at radius 3 is 2.56 bits per heavy atom. The van der Waals surface area contributed by atoms with Gasteiger partial charge in [0, 0.05) is 18.8 Å². The Morgan fingerprint density at radius 2 is 1.89 bits per heavy atom. The number of benzene rings is 1. The molecule has 0 unspecified atom stereocenters. The van der Waals surface area contributed by atoms with Gasteiger partial charge < -0.3 is 16.4 Å². The highest BCUT2D eigenvalue weighted by atomic mass is 19.1. The van der Waals surface area contributed by atoms with Gasteiger partial charge in [-0.1, -0.05) is 0 Å². The monoisotopic (exact) mass is 247 g/mol. The summed E-state index contributed by atoms with van der Waals surface area (Å²) >= 11 is 0. The van der Waals surface area contributed by atoms with Gasteiger partial charge in [0.15, 0.2) is 0 Å². The molecule has 0 saturated carbocycles. The van der Waals surface area contributed by atoms with Crippen molar-refractivity contribution >= 4 is 23.3 Å². The van der Waals surface area contributed by atoms with Gasteiger partial charge in [0.1, 0.15) is 17.5 Å². The molecule has 0 aliphatic carbocycles. The SMILES string of the molecule is CNc1cc(Nc2ccc(F)cc2C)nc(N)n1. The summed E-state index contributed by atoms with van der Waals surface area (Å²) in [4.78, 5) is 8.05. The minimum atomic E-state index is -0.267. The van der Waals surface area contributed by atoms with Gasteiger partial charge in [0.25, 0.3) is 0 Å². The second-order valence-corrected chi connectivity index (χ2v) is 3.83. The minimum Gasteiger partial charge on any atom is -0.373 e. The fourth-order valence-electron chi connectivity index (χ4n) is 1.56. The smallest absolute Gasteiger partial charge is 0.223 e. The first-order valence-corrected chi connectivity index (χ1v) is 5.44. The van der Waals surface area contributed by atoms with Crippen LogP contribution >= 0.6 is 0 Å². The fourth-order valence-corrected chi connectivity index (χ4v) is 1.56. The Bertz CT molecular complexity index is 570. The van der Waals surface area contributed by atoms with E-state index in [0.29, 0.717) is 11.6 Å². The summed E-state index contributed by atoms with van der Waals surface area (Å²) in [6, 6.07) is 6.21. The molecule has 0 aliphatic rings. The molecule has 0 amide bonds. The molecule has 0 radical (unpaired) electrons. The molecule has 0 atom stereocenters. The molecule has 2 rings (SSSR count). The van der Waals surface area contributed by atoms with E-state index in [9.17, 15) is 4.39 Å². The summed E-state index contributed by atoms with van der Waals surface area (Å²) < 4.78 is 13.0. The second-order valence-electron chi connectivity index (χ2n) is 3.83. The maximum atomic E-state index is 13.0. The molecule has 18 heavy (non-hydrogen) atoms. The average Bonchev–Trinajstić information content (AvgIpc) is 2.32. The van der Waals surface area contributed by atoms with Crippen LogP contribution < -0.4 is 16.4 Å². The first-order chi connectivity index (χ1) is 8.58. The zero-order valence-electron chi connectivity index (χ0n) is 10.2. The largest absolute Gasteiger partial charge is 0.373 e. The molecule has 1 aromatic carbocycles. The number of rotatable bonds is 3. The number of hydrogen-bond donors (Lipinski definition) is 3. The Labute approximate surface area is 104 Å². The van der Waals surface area contributed by atoms with Gasteiger partial charge in [-0.15, -0.1) is 0 Å². The summed E-state index contributed by atoms with van der Waals surface area (Å²) in [6.45, 7) is 1.81. The number of nitrogens with two attached hydrogens (primary N) is 1. The Kier molecular flexibility index (Phi) is 3.27. The zero-order valence-corrected chi connectivity index (χ0v) is 10.2. The third-order valence-electron chi connectivity index (χ3n) is 2.45. The average molecular weight is 247 g/mol. The molecule has 6 heteroatoms. The zero-order chi connectivity index (χ0) is 13.1. The third-order valence-corrected chi connectivity index (χ3v) is 2.45. The number of aromatic nitrogens is 2. The maximum absolute atomic E-state index is 13.0. The molecule has 0 spiro atoms. The molecule has 0 bridgehead atoms. The molecule has 1 heterocycles. The van der Waals surface area contributed by atoms with E-state index in [4.69, 9.17) is 5.73 Å². The van der Waals surface area contributed by atoms with E-state index in [1.807, 2.05) is 6.92 Å². The highest BCUT2D eigenvalue weighted by molar-refractivity contribution is 5.63. The first-order valence-electron chi connectivity index (χ1n) is 5.44. The Balaban J connectivity index is 2.30. The number of nitrogen functional groups attached to an aromatic ring is 1. The molecular weight excluding hydrogens is 233 g/mol. The van der Waals surface area contributed by atoms with Crippen molar-refractivity contribution in [1.29, 1.82) is 0 Å². The second kappa shape index (κ2) is 4.87. The van der Waals surface area contributed by atoms with Crippen molar-refractivity contribution in [2.75, 3.05) is 23.4 Å². The number of aryl methyl sites for hydroxylation is 1. The minimum absolute atomic E-state index is 0.170. The van der Waals surface area contributed by atoms with Crippen LogP contribution in [0.3, 0.4) is 0 Å². The van der Waals surface area contributed by atoms with E-state index >= 15 is 0 Å². The first kappa shape index (κ1) is 12.1. The standard InChI is InChI=1S/C12H14FN5/c1-7-5-8(13)3-4-9(7)16-11-6-10(15-2)17-12(14)18-11/h3-6H,1-2H3,(H4,14,15,16,17,18). The fraction of sp³-hybridized carbons (Fsp3) is 0.167. The van der Waals surface area contributed by atoms with Crippen LogP contribution in [0.2, 0.25) is 0 Å².